The largest absolute Gasteiger partial charge is 0.381 e. The highest BCUT2D eigenvalue weighted by Crippen LogP contribution is 2.27. The molecule has 5 nitrogen and oxygen atoms in total. The molecule has 5 heteroatoms. The number of rotatable bonds is 4. The zero-order valence-electron chi connectivity index (χ0n) is 10.0. The molecular weight excluding hydrogens is 204 g/mol. The Kier molecular flexibility index (Phi) is 3.90. The summed E-state index contributed by atoms with van der Waals surface area (Å²) in [5, 5.41) is 11.5. The van der Waals surface area contributed by atoms with Gasteiger partial charge in [0.15, 0.2) is 0 Å². The molecule has 1 fully saturated rings. The Balaban J connectivity index is 2.12. The SMILES string of the molecule is CCNC(c1cnnn1C)C1CCCOC1. The number of hydrogen-bond acceptors (Lipinski definition) is 4. The third kappa shape index (κ3) is 2.41. The van der Waals surface area contributed by atoms with E-state index >= 15 is 0 Å². The van der Waals surface area contributed by atoms with Crippen LogP contribution in [0.1, 0.15) is 31.5 Å². The molecule has 1 aliphatic rings. The molecule has 1 aromatic rings. The van der Waals surface area contributed by atoms with Crippen molar-refractivity contribution in [3.8, 4) is 0 Å². The third-order valence-electron chi connectivity index (χ3n) is 3.16. The molecular formula is C11H20N4O. The van der Waals surface area contributed by atoms with Crippen LogP contribution >= 0.6 is 0 Å². The molecule has 1 saturated heterocycles. The van der Waals surface area contributed by atoms with E-state index in [-0.39, 0.29) is 0 Å². The van der Waals surface area contributed by atoms with E-state index < -0.39 is 0 Å². The lowest BCUT2D eigenvalue weighted by atomic mass is 9.91. The number of aryl methyl sites for hydroxylation is 1. The molecule has 0 aliphatic carbocycles. The maximum absolute atomic E-state index is 5.56. The molecule has 2 unspecified atom stereocenters. The van der Waals surface area contributed by atoms with E-state index in [9.17, 15) is 0 Å². The lowest BCUT2D eigenvalue weighted by Gasteiger charge is -2.30. The minimum atomic E-state index is 0.310. The maximum Gasteiger partial charge on any atom is 0.0756 e. The highest BCUT2D eigenvalue weighted by Gasteiger charge is 2.27. The van der Waals surface area contributed by atoms with Crippen molar-refractivity contribution < 1.29 is 4.74 Å². The second-order valence-electron chi connectivity index (χ2n) is 4.30. The van der Waals surface area contributed by atoms with Crippen LogP contribution in [0.5, 0.6) is 0 Å². The molecule has 0 radical (unpaired) electrons. The molecule has 1 aliphatic heterocycles. The average molecular weight is 224 g/mol. The Hall–Kier alpha value is -0.940. The van der Waals surface area contributed by atoms with E-state index in [0.717, 1.165) is 31.9 Å². The van der Waals surface area contributed by atoms with Gasteiger partial charge in [0.25, 0.3) is 0 Å². The van der Waals surface area contributed by atoms with Crippen LogP contribution in [0.2, 0.25) is 0 Å². The molecule has 2 rings (SSSR count). The molecule has 1 N–H and O–H groups in total. The summed E-state index contributed by atoms with van der Waals surface area (Å²) in [5.74, 6) is 0.533. The Bertz CT molecular complexity index is 320. The van der Waals surface area contributed by atoms with Crippen molar-refractivity contribution in [3.63, 3.8) is 0 Å². The minimum Gasteiger partial charge on any atom is -0.381 e. The van der Waals surface area contributed by atoms with Crippen LogP contribution in [0, 0.1) is 5.92 Å². The van der Waals surface area contributed by atoms with Gasteiger partial charge in [-0.05, 0) is 19.4 Å². The van der Waals surface area contributed by atoms with Crippen molar-refractivity contribution in [2.45, 2.75) is 25.8 Å². The predicted molar refractivity (Wildman–Crippen MR) is 61.0 cm³/mol. The number of hydrogen-bond donors (Lipinski definition) is 1. The Morgan fingerprint density at radius 2 is 2.56 bits per heavy atom. The van der Waals surface area contributed by atoms with Gasteiger partial charge in [-0.15, -0.1) is 5.10 Å². The number of nitrogens with one attached hydrogen (secondary N) is 1. The molecule has 2 heterocycles. The van der Waals surface area contributed by atoms with E-state index in [2.05, 4.69) is 22.6 Å². The summed E-state index contributed by atoms with van der Waals surface area (Å²) < 4.78 is 7.41. The monoisotopic (exact) mass is 224 g/mol. The highest BCUT2D eigenvalue weighted by molar-refractivity contribution is 5.04. The van der Waals surface area contributed by atoms with E-state index in [1.807, 2.05) is 17.9 Å². The van der Waals surface area contributed by atoms with Crippen molar-refractivity contribution in [1.82, 2.24) is 20.3 Å². The lowest BCUT2D eigenvalue weighted by molar-refractivity contribution is 0.0380. The predicted octanol–water partition coefficient (Wildman–Crippen LogP) is 0.892. The van der Waals surface area contributed by atoms with Gasteiger partial charge in [0.05, 0.1) is 24.5 Å². The zero-order chi connectivity index (χ0) is 11.4. The lowest BCUT2D eigenvalue weighted by Crippen LogP contribution is -2.34. The molecule has 0 amide bonds. The molecule has 0 saturated carbocycles. The van der Waals surface area contributed by atoms with Crippen molar-refractivity contribution in [2.75, 3.05) is 19.8 Å². The number of nitrogens with zero attached hydrogens (tertiary/aromatic N) is 3. The molecule has 0 spiro atoms. The van der Waals surface area contributed by atoms with Crippen LogP contribution in [0.3, 0.4) is 0 Å². The molecule has 16 heavy (non-hydrogen) atoms. The third-order valence-corrected chi connectivity index (χ3v) is 3.16. The quantitative estimate of drug-likeness (QED) is 0.825. The van der Waals surface area contributed by atoms with Crippen molar-refractivity contribution in [3.05, 3.63) is 11.9 Å². The summed E-state index contributed by atoms with van der Waals surface area (Å²) >= 11 is 0. The Morgan fingerprint density at radius 3 is 3.12 bits per heavy atom. The first-order valence-corrected chi connectivity index (χ1v) is 5.98. The standard InChI is InChI=1S/C11H20N4O/c1-3-12-11(9-5-4-6-16-8-9)10-7-13-14-15(10)2/h7,9,11-12H,3-6,8H2,1-2H3. The fraction of sp³-hybridized carbons (Fsp3) is 0.818. The molecule has 90 valence electrons. The van der Waals surface area contributed by atoms with Crippen LogP contribution in [0.4, 0.5) is 0 Å². The second-order valence-corrected chi connectivity index (χ2v) is 4.30. The average Bonchev–Trinajstić information content (AvgIpc) is 2.73. The first-order valence-electron chi connectivity index (χ1n) is 5.98. The summed E-state index contributed by atoms with van der Waals surface area (Å²) in [6, 6.07) is 0.310. The van der Waals surface area contributed by atoms with Gasteiger partial charge in [-0.3, -0.25) is 4.68 Å². The summed E-state index contributed by atoms with van der Waals surface area (Å²) in [4.78, 5) is 0. The van der Waals surface area contributed by atoms with Gasteiger partial charge >= 0.3 is 0 Å². The van der Waals surface area contributed by atoms with E-state index in [4.69, 9.17) is 4.74 Å². The van der Waals surface area contributed by atoms with Crippen LogP contribution in [0.15, 0.2) is 6.20 Å². The Morgan fingerprint density at radius 1 is 1.69 bits per heavy atom. The van der Waals surface area contributed by atoms with Crippen LogP contribution in [-0.4, -0.2) is 34.8 Å². The van der Waals surface area contributed by atoms with Gasteiger partial charge in [0.1, 0.15) is 0 Å². The van der Waals surface area contributed by atoms with E-state index in [1.165, 1.54) is 6.42 Å². The summed E-state index contributed by atoms with van der Waals surface area (Å²) in [6.45, 7) is 4.81. The minimum absolute atomic E-state index is 0.310. The molecule has 2 atom stereocenters. The maximum atomic E-state index is 5.56. The van der Waals surface area contributed by atoms with Crippen molar-refractivity contribution in [2.24, 2.45) is 13.0 Å². The smallest absolute Gasteiger partial charge is 0.0756 e. The van der Waals surface area contributed by atoms with Crippen LogP contribution in [-0.2, 0) is 11.8 Å². The van der Waals surface area contributed by atoms with Gasteiger partial charge < -0.3 is 10.1 Å². The second kappa shape index (κ2) is 5.41. The van der Waals surface area contributed by atoms with Gasteiger partial charge in [-0.25, -0.2) is 0 Å². The summed E-state index contributed by atoms with van der Waals surface area (Å²) in [6.07, 6.45) is 4.21. The number of aromatic nitrogens is 3. The Labute approximate surface area is 96.2 Å². The van der Waals surface area contributed by atoms with E-state index in [1.54, 1.807) is 0 Å². The van der Waals surface area contributed by atoms with Gasteiger partial charge in [-0.1, -0.05) is 12.1 Å². The summed E-state index contributed by atoms with van der Waals surface area (Å²) in [7, 11) is 1.94. The van der Waals surface area contributed by atoms with E-state index in [0.29, 0.717) is 12.0 Å². The van der Waals surface area contributed by atoms with Crippen LogP contribution < -0.4 is 5.32 Å². The molecule has 0 bridgehead atoms. The van der Waals surface area contributed by atoms with Crippen LogP contribution in [0.25, 0.3) is 0 Å². The van der Waals surface area contributed by atoms with Gasteiger partial charge in [0, 0.05) is 19.6 Å². The van der Waals surface area contributed by atoms with Gasteiger partial charge in [-0.2, -0.15) is 0 Å². The fourth-order valence-corrected chi connectivity index (χ4v) is 2.34. The zero-order valence-corrected chi connectivity index (χ0v) is 10.0. The summed E-state index contributed by atoms with van der Waals surface area (Å²) in [5.41, 5.74) is 1.15. The topological polar surface area (TPSA) is 52.0 Å². The number of ether oxygens (including phenoxy) is 1. The molecule has 1 aromatic heterocycles. The molecule has 0 aromatic carbocycles. The first kappa shape index (κ1) is 11.5. The van der Waals surface area contributed by atoms with Crippen molar-refractivity contribution >= 4 is 0 Å². The fourth-order valence-electron chi connectivity index (χ4n) is 2.34. The van der Waals surface area contributed by atoms with Gasteiger partial charge in [0.2, 0.25) is 0 Å². The van der Waals surface area contributed by atoms with Crippen molar-refractivity contribution in [1.29, 1.82) is 0 Å². The normalized spacial score (nSPS) is 23.2. The highest BCUT2D eigenvalue weighted by atomic mass is 16.5. The first-order chi connectivity index (χ1) is 7.83.